The molecule has 2 N–H and O–H groups in total. The second-order valence-corrected chi connectivity index (χ2v) is 8.71. The van der Waals surface area contributed by atoms with Gasteiger partial charge in [-0.1, -0.05) is 0 Å². The summed E-state index contributed by atoms with van der Waals surface area (Å²) in [5.41, 5.74) is 5.26. The number of aryl methyl sites for hydroxylation is 2. The van der Waals surface area contributed by atoms with E-state index in [2.05, 4.69) is 74.2 Å². The number of nitrogens with one attached hydrogen (secondary N) is 2. The summed E-state index contributed by atoms with van der Waals surface area (Å²) < 4.78 is 2.57. The van der Waals surface area contributed by atoms with Crippen LogP contribution in [0, 0.1) is 13.8 Å². The van der Waals surface area contributed by atoms with Crippen molar-refractivity contribution >= 4 is 44.5 Å². The van der Waals surface area contributed by atoms with Crippen LogP contribution < -0.4 is 10.2 Å². The van der Waals surface area contributed by atoms with Crippen molar-refractivity contribution in [2.24, 2.45) is 0 Å². The summed E-state index contributed by atoms with van der Waals surface area (Å²) in [5.74, 6) is 2.22. The van der Waals surface area contributed by atoms with Gasteiger partial charge in [0.05, 0.1) is 28.2 Å². The van der Waals surface area contributed by atoms with Gasteiger partial charge in [0.1, 0.15) is 5.82 Å². The molecule has 0 atom stereocenters. The van der Waals surface area contributed by atoms with Crippen LogP contribution in [0.4, 0.5) is 11.9 Å². The first-order valence-corrected chi connectivity index (χ1v) is 10.8. The van der Waals surface area contributed by atoms with Gasteiger partial charge in [0.25, 0.3) is 0 Å². The highest BCUT2D eigenvalue weighted by atomic mass is 79.9. The molecule has 0 radical (unpaired) electrons. The fourth-order valence-electron chi connectivity index (χ4n) is 3.67. The Labute approximate surface area is 182 Å². The highest BCUT2D eigenvalue weighted by Gasteiger charge is 2.20. The monoisotopic (exact) mass is 469 g/mol. The second kappa shape index (κ2) is 7.51. The largest absolute Gasteiger partial charge is 0.347 e. The molecule has 10 heteroatoms. The number of imidazole rings is 1. The van der Waals surface area contributed by atoms with E-state index in [0.29, 0.717) is 12.5 Å². The van der Waals surface area contributed by atoms with Crippen LogP contribution in [0.3, 0.4) is 0 Å². The van der Waals surface area contributed by atoms with Crippen LogP contribution in [0.1, 0.15) is 17.0 Å². The molecule has 1 aliphatic heterocycles. The molecule has 3 aromatic heterocycles. The summed E-state index contributed by atoms with van der Waals surface area (Å²) in [4.78, 5) is 22.2. The van der Waals surface area contributed by atoms with Gasteiger partial charge in [-0.3, -0.25) is 0 Å². The number of benzene rings is 1. The quantitative estimate of drug-likeness (QED) is 0.474. The van der Waals surface area contributed by atoms with E-state index in [4.69, 9.17) is 15.0 Å². The fourth-order valence-corrected chi connectivity index (χ4v) is 4.02. The Bertz CT molecular complexity index is 1180. The minimum Gasteiger partial charge on any atom is -0.347 e. The third-order valence-corrected chi connectivity index (χ3v) is 6.22. The van der Waals surface area contributed by atoms with Crippen molar-refractivity contribution in [3.63, 3.8) is 0 Å². The maximum Gasteiger partial charge on any atom is 0.230 e. The predicted molar refractivity (Wildman–Crippen MR) is 121 cm³/mol. The summed E-state index contributed by atoms with van der Waals surface area (Å²) >= 11 is 3.55. The molecule has 0 aliphatic carbocycles. The minimum atomic E-state index is 0.512. The topological polar surface area (TPSA) is 90.3 Å². The van der Waals surface area contributed by atoms with Crippen LogP contribution in [-0.2, 0) is 6.54 Å². The number of likely N-dealkylation sites (N-methyl/N-ethyl adjacent to an activating group) is 1. The van der Waals surface area contributed by atoms with E-state index in [1.807, 2.05) is 0 Å². The summed E-state index contributed by atoms with van der Waals surface area (Å²) in [7, 11) is 2.14. The highest BCUT2D eigenvalue weighted by molar-refractivity contribution is 9.10. The summed E-state index contributed by atoms with van der Waals surface area (Å²) in [6.45, 7) is 8.53. The van der Waals surface area contributed by atoms with Gasteiger partial charge in [-0.2, -0.15) is 19.6 Å². The van der Waals surface area contributed by atoms with Gasteiger partial charge in [0, 0.05) is 26.2 Å². The smallest absolute Gasteiger partial charge is 0.230 e. The maximum absolute atomic E-state index is 4.78. The molecule has 0 spiro atoms. The minimum absolute atomic E-state index is 0.512. The van der Waals surface area contributed by atoms with Gasteiger partial charge >= 0.3 is 0 Å². The number of halogens is 1. The molecular formula is C20H24BrN9. The molecule has 0 bridgehead atoms. The van der Waals surface area contributed by atoms with E-state index >= 15 is 0 Å². The molecule has 30 heavy (non-hydrogen) atoms. The third-order valence-electron chi connectivity index (χ3n) is 5.66. The number of nitrogens with zero attached hydrogens (tertiary/aromatic N) is 7. The number of rotatable bonds is 4. The van der Waals surface area contributed by atoms with E-state index in [1.54, 1.807) is 10.7 Å². The Balaban J connectivity index is 1.44. The number of hydrogen-bond donors (Lipinski definition) is 2. The summed E-state index contributed by atoms with van der Waals surface area (Å²) in [6.07, 6.45) is 1.75. The lowest BCUT2D eigenvalue weighted by molar-refractivity contribution is 0.311. The van der Waals surface area contributed by atoms with Crippen molar-refractivity contribution in [1.29, 1.82) is 0 Å². The number of H-pyrrole nitrogens is 1. The first-order chi connectivity index (χ1) is 14.5. The average molecular weight is 470 g/mol. The van der Waals surface area contributed by atoms with Crippen molar-refractivity contribution < 1.29 is 0 Å². The zero-order valence-electron chi connectivity index (χ0n) is 17.3. The highest BCUT2D eigenvalue weighted by Crippen LogP contribution is 2.23. The SMILES string of the molecule is Cc1cc2nc(CNc3nc(N4CCN(C)CC4)nc4c(Br)cnn34)[nH]c2cc1C. The van der Waals surface area contributed by atoms with E-state index in [1.165, 1.54) is 11.1 Å². The van der Waals surface area contributed by atoms with E-state index in [-0.39, 0.29) is 0 Å². The molecule has 5 rings (SSSR count). The first kappa shape index (κ1) is 19.3. The summed E-state index contributed by atoms with van der Waals surface area (Å²) in [5, 5.41) is 7.81. The number of aromatic nitrogens is 6. The molecule has 1 fully saturated rings. The standard InChI is InChI=1S/C20H24BrN9/c1-12-8-15-16(9-13(12)2)25-17(24-15)11-22-19-27-20(29-6-4-28(3)5-7-29)26-18-14(21)10-23-30(18)19/h8-10H,4-7,11H2,1-3H3,(H,24,25)(H,22,26,27). The number of fused-ring (bicyclic) bond motifs is 2. The lowest BCUT2D eigenvalue weighted by Crippen LogP contribution is -2.45. The number of piperazine rings is 1. The van der Waals surface area contributed by atoms with Crippen LogP contribution in [0.15, 0.2) is 22.8 Å². The third kappa shape index (κ3) is 3.50. The Morgan fingerprint density at radius 1 is 1.07 bits per heavy atom. The molecule has 0 amide bonds. The van der Waals surface area contributed by atoms with E-state index < -0.39 is 0 Å². The number of anilines is 2. The van der Waals surface area contributed by atoms with Crippen molar-refractivity contribution in [3.8, 4) is 0 Å². The van der Waals surface area contributed by atoms with Gasteiger partial charge in [-0.05, 0) is 60.1 Å². The van der Waals surface area contributed by atoms with Crippen molar-refractivity contribution in [1.82, 2.24) is 34.4 Å². The predicted octanol–water partition coefficient (Wildman–Crippen LogP) is 2.74. The van der Waals surface area contributed by atoms with Crippen molar-refractivity contribution in [3.05, 3.63) is 39.8 Å². The molecule has 0 unspecified atom stereocenters. The van der Waals surface area contributed by atoms with Crippen LogP contribution in [0.5, 0.6) is 0 Å². The van der Waals surface area contributed by atoms with E-state index in [0.717, 1.165) is 59.1 Å². The van der Waals surface area contributed by atoms with E-state index in [9.17, 15) is 0 Å². The number of aromatic amines is 1. The molecule has 1 saturated heterocycles. The van der Waals surface area contributed by atoms with Gasteiger partial charge < -0.3 is 20.1 Å². The average Bonchev–Trinajstić information content (AvgIpc) is 3.30. The lowest BCUT2D eigenvalue weighted by atomic mass is 10.1. The zero-order valence-corrected chi connectivity index (χ0v) is 18.9. The van der Waals surface area contributed by atoms with Crippen molar-refractivity contribution in [2.45, 2.75) is 20.4 Å². The molecule has 0 saturated carbocycles. The van der Waals surface area contributed by atoms with Gasteiger partial charge in [-0.25, -0.2) is 4.98 Å². The Kier molecular flexibility index (Phi) is 4.82. The van der Waals surface area contributed by atoms with Gasteiger partial charge in [-0.15, -0.1) is 0 Å². The zero-order chi connectivity index (χ0) is 20.8. The van der Waals surface area contributed by atoms with Gasteiger partial charge in [0.2, 0.25) is 11.9 Å². The lowest BCUT2D eigenvalue weighted by Gasteiger charge is -2.32. The first-order valence-electron chi connectivity index (χ1n) is 10.0. The Hall–Kier alpha value is -2.72. The molecule has 156 valence electrons. The molecular weight excluding hydrogens is 446 g/mol. The molecule has 1 aromatic carbocycles. The molecule has 9 nitrogen and oxygen atoms in total. The number of hydrogen-bond acceptors (Lipinski definition) is 7. The Morgan fingerprint density at radius 3 is 2.63 bits per heavy atom. The molecule has 1 aliphatic rings. The molecule has 4 heterocycles. The fraction of sp³-hybridized carbons (Fsp3) is 0.400. The van der Waals surface area contributed by atoms with Gasteiger partial charge in [0.15, 0.2) is 5.65 Å². The van der Waals surface area contributed by atoms with Crippen molar-refractivity contribution in [2.75, 3.05) is 43.4 Å². The van der Waals surface area contributed by atoms with Crippen LogP contribution in [0.2, 0.25) is 0 Å². The summed E-state index contributed by atoms with van der Waals surface area (Å²) in [6, 6.07) is 4.25. The normalized spacial score (nSPS) is 15.4. The second-order valence-electron chi connectivity index (χ2n) is 7.86. The Morgan fingerprint density at radius 2 is 1.83 bits per heavy atom. The van der Waals surface area contributed by atoms with Crippen LogP contribution in [0.25, 0.3) is 16.7 Å². The van der Waals surface area contributed by atoms with Crippen LogP contribution in [-0.4, -0.2) is 67.7 Å². The maximum atomic E-state index is 4.78. The van der Waals surface area contributed by atoms with Crippen LogP contribution >= 0.6 is 15.9 Å². The molecule has 4 aromatic rings.